The summed E-state index contributed by atoms with van der Waals surface area (Å²) >= 11 is 8.17. The van der Waals surface area contributed by atoms with E-state index in [1.165, 1.54) is 16.7 Å². The van der Waals surface area contributed by atoms with Crippen molar-refractivity contribution in [3.05, 3.63) is 104 Å². The molecule has 0 aliphatic carbocycles. The monoisotopic (exact) mass is 577 g/mol. The van der Waals surface area contributed by atoms with E-state index in [0.717, 1.165) is 21.8 Å². The Balaban J connectivity index is 1.24. The van der Waals surface area contributed by atoms with E-state index in [2.05, 4.69) is 10.3 Å². The molecule has 3 aromatic carbocycles. The zero-order chi connectivity index (χ0) is 27.1. The Kier molecular flexibility index (Phi) is 6.76. The number of aromatic nitrogens is 1. The first-order valence-corrected chi connectivity index (χ1v) is 14.1. The normalized spacial score (nSPS) is 19.9. The number of thiazole rings is 1. The van der Waals surface area contributed by atoms with Crippen molar-refractivity contribution in [1.29, 1.82) is 0 Å². The van der Waals surface area contributed by atoms with Crippen LogP contribution in [0.3, 0.4) is 0 Å². The van der Waals surface area contributed by atoms with Crippen LogP contribution in [0.1, 0.15) is 16.4 Å². The molecule has 2 unspecified atom stereocenters. The standard InChI is InChI=1S/C28H20ClN3O5S2/c29-16-8-10-17(11-9-16)30-20(33)14-37-19-12-6-15(7-13-19)21-22-24(38-25-23(21)39-28(36)31-25)27(35)32(26(22)34)18-4-2-1-3-5-18/h1-13,21-22,24H,14H2,(H,30,33)(H,31,36)/t21-,22?,24?/m1/s1. The lowest BCUT2D eigenvalue weighted by atomic mass is 9.83. The zero-order valence-corrected chi connectivity index (χ0v) is 22.5. The Hall–Kier alpha value is -3.86. The highest BCUT2D eigenvalue weighted by atomic mass is 35.5. The lowest BCUT2D eigenvalue weighted by Gasteiger charge is -2.29. The summed E-state index contributed by atoms with van der Waals surface area (Å²) in [5.41, 5.74) is 1.91. The molecule has 11 heteroatoms. The number of carbonyl (C=O) groups is 3. The summed E-state index contributed by atoms with van der Waals surface area (Å²) in [6, 6.07) is 22.7. The molecule has 0 radical (unpaired) electrons. The number of para-hydroxylation sites is 1. The van der Waals surface area contributed by atoms with Gasteiger partial charge in [-0.1, -0.05) is 65.0 Å². The molecular weight excluding hydrogens is 558 g/mol. The maximum absolute atomic E-state index is 13.7. The predicted octanol–water partition coefficient (Wildman–Crippen LogP) is 4.90. The van der Waals surface area contributed by atoms with E-state index >= 15 is 0 Å². The quantitative estimate of drug-likeness (QED) is 0.316. The van der Waals surface area contributed by atoms with E-state index in [9.17, 15) is 19.2 Å². The van der Waals surface area contributed by atoms with E-state index in [-0.39, 0.29) is 29.2 Å². The van der Waals surface area contributed by atoms with Gasteiger partial charge in [0.1, 0.15) is 11.0 Å². The van der Waals surface area contributed by atoms with E-state index in [0.29, 0.717) is 27.2 Å². The summed E-state index contributed by atoms with van der Waals surface area (Å²) in [6.07, 6.45) is 0. The average Bonchev–Trinajstić information content (AvgIpc) is 3.43. The number of nitrogens with zero attached hydrogens (tertiary/aromatic N) is 1. The largest absolute Gasteiger partial charge is 0.484 e. The van der Waals surface area contributed by atoms with Gasteiger partial charge in [0.2, 0.25) is 11.8 Å². The fourth-order valence-corrected chi connectivity index (χ4v) is 7.50. The fraction of sp³-hybridized carbons (Fsp3) is 0.143. The fourth-order valence-electron chi connectivity index (χ4n) is 4.86. The molecular formula is C28H20ClN3O5S2. The Bertz CT molecular complexity index is 1620. The van der Waals surface area contributed by atoms with Crippen molar-refractivity contribution in [2.24, 2.45) is 5.92 Å². The minimum absolute atomic E-state index is 0.199. The number of hydrogen-bond acceptors (Lipinski definition) is 7. The summed E-state index contributed by atoms with van der Waals surface area (Å²) in [4.78, 5) is 56.3. The molecule has 1 aromatic heterocycles. The maximum atomic E-state index is 13.7. The maximum Gasteiger partial charge on any atom is 0.305 e. The number of benzene rings is 3. The predicted molar refractivity (Wildman–Crippen MR) is 151 cm³/mol. The highest BCUT2D eigenvalue weighted by Crippen LogP contribution is 2.53. The van der Waals surface area contributed by atoms with Crippen molar-refractivity contribution in [2.45, 2.75) is 16.2 Å². The molecule has 1 saturated heterocycles. The van der Waals surface area contributed by atoms with Crippen LogP contribution in [-0.4, -0.2) is 34.6 Å². The van der Waals surface area contributed by atoms with Crippen LogP contribution in [-0.2, 0) is 14.4 Å². The second-order valence-corrected chi connectivity index (χ2v) is 11.6. The minimum atomic E-state index is -0.668. The first-order chi connectivity index (χ1) is 18.9. The van der Waals surface area contributed by atoms with Crippen molar-refractivity contribution < 1.29 is 19.1 Å². The summed E-state index contributed by atoms with van der Waals surface area (Å²) in [5.74, 6) is -1.60. The van der Waals surface area contributed by atoms with Crippen LogP contribution in [0.15, 0.2) is 88.7 Å². The highest BCUT2D eigenvalue weighted by Gasteiger charge is 2.56. The van der Waals surface area contributed by atoms with Gasteiger partial charge in [0, 0.05) is 21.5 Å². The molecule has 0 bridgehead atoms. The third-order valence-electron chi connectivity index (χ3n) is 6.58. The number of fused-ring (bicyclic) bond motifs is 2. The van der Waals surface area contributed by atoms with Crippen LogP contribution in [0.25, 0.3) is 0 Å². The molecule has 3 heterocycles. The Morgan fingerprint density at radius 1 is 0.949 bits per heavy atom. The van der Waals surface area contributed by atoms with E-state index in [1.54, 1.807) is 72.8 Å². The average molecular weight is 578 g/mol. The third kappa shape index (κ3) is 4.87. The van der Waals surface area contributed by atoms with Gasteiger partial charge in [-0.25, -0.2) is 4.90 Å². The topological polar surface area (TPSA) is 109 Å². The van der Waals surface area contributed by atoms with Gasteiger partial charge in [0.05, 0.1) is 16.6 Å². The van der Waals surface area contributed by atoms with Gasteiger partial charge in [-0.15, -0.1) is 0 Å². The summed E-state index contributed by atoms with van der Waals surface area (Å²) in [7, 11) is 0. The van der Waals surface area contributed by atoms with E-state index < -0.39 is 17.1 Å². The van der Waals surface area contributed by atoms with Gasteiger partial charge in [0.25, 0.3) is 5.91 Å². The molecule has 3 atom stereocenters. The summed E-state index contributed by atoms with van der Waals surface area (Å²) in [5, 5.41) is 3.27. The number of H-pyrrole nitrogens is 1. The number of thioether (sulfide) groups is 1. The molecule has 6 rings (SSSR count). The number of carbonyl (C=O) groups excluding carboxylic acids is 3. The van der Waals surface area contributed by atoms with Crippen LogP contribution < -0.4 is 19.8 Å². The molecule has 2 aliphatic heterocycles. The summed E-state index contributed by atoms with van der Waals surface area (Å²) < 4.78 is 5.65. The van der Waals surface area contributed by atoms with Gasteiger partial charge in [-0.2, -0.15) is 0 Å². The molecule has 2 N–H and O–H groups in total. The second kappa shape index (κ2) is 10.4. The number of ether oxygens (including phenoxy) is 1. The van der Waals surface area contributed by atoms with Crippen LogP contribution in [0, 0.1) is 5.92 Å². The molecule has 8 nitrogen and oxygen atoms in total. The Labute approximate surface area is 236 Å². The van der Waals surface area contributed by atoms with E-state index in [1.807, 2.05) is 6.07 Å². The first kappa shape index (κ1) is 25.4. The Morgan fingerprint density at radius 2 is 1.67 bits per heavy atom. The number of halogens is 1. The van der Waals surface area contributed by atoms with Gasteiger partial charge in [0.15, 0.2) is 6.61 Å². The van der Waals surface area contributed by atoms with Gasteiger partial charge in [-0.3, -0.25) is 19.2 Å². The lowest BCUT2D eigenvalue weighted by Crippen LogP contribution is -2.32. The van der Waals surface area contributed by atoms with Gasteiger partial charge in [-0.05, 0) is 54.1 Å². The van der Waals surface area contributed by atoms with Crippen molar-refractivity contribution in [2.75, 3.05) is 16.8 Å². The number of amides is 3. The van der Waals surface area contributed by atoms with Crippen molar-refractivity contribution in [3.63, 3.8) is 0 Å². The van der Waals surface area contributed by atoms with Crippen LogP contribution in [0.5, 0.6) is 5.75 Å². The van der Waals surface area contributed by atoms with Crippen LogP contribution >= 0.6 is 34.7 Å². The van der Waals surface area contributed by atoms with Gasteiger partial charge < -0.3 is 15.0 Å². The Morgan fingerprint density at radius 3 is 2.38 bits per heavy atom. The molecule has 196 valence electrons. The summed E-state index contributed by atoms with van der Waals surface area (Å²) in [6.45, 7) is -0.199. The molecule has 39 heavy (non-hydrogen) atoms. The first-order valence-electron chi connectivity index (χ1n) is 12.0. The van der Waals surface area contributed by atoms with Gasteiger partial charge >= 0.3 is 4.87 Å². The molecule has 0 spiro atoms. The number of anilines is 2. The molecule has 1 fully saturated rings. The minimum Gasteiger partial charge on any atom is -0.484 e. The zero-order valence-electron chi connectivity index (χ0n) is 20.1. The molecule has 0 saturated carbocycles. The SMILES string of the molecule is O=C(COc1ccc([C@H]2c3sc(=O)[nH]c3SC3C(=O)N(c4ccccc4)C(=O)C32)cc1)Nc1ccc(Cl)cc1. The smallest absolute Gasteiger partial charge is 0.305 e. The highest BCUT2D eigenvalue weighted by molar-refractivity contribution is 8.00. The molecule has 2 aliphatic rings. The van der Waals surface area contributed by atoms with Crippen molar-refractivity contribution >= 4 is 63.8 Å². The van der Waals surface area contributed by atoms with Crippen LogP contribution in [0.4, 0.5) is 11.4 Å². The number of hydrogen-bond donors (Lipinski definition) is 2. The molecule has 3 amide bonds. The number of imide groups is 1. The molecule has 4 aromatic rings. The van der Waals surface area contributed by atoms with Crippen LogP contribution in [0.2, 0.25) is 5.02 Å². The van der Waals surface area contributed by atoms with E-state index in [4.69, 9.17) is 16.3 Å². The third-order valence-corrected chi connectivity index (χ3v) is 9.23. The number of rotatable bonds is 6. The van der Waals surface area contributed by atoms with Crippen molar-refractivity contribution in [1.82, 2.24) is 4.98 Å². The number of nitrogens with one attached hydrogen (secondary N) is 2. The van der Waals surface area contributed by atoms with Crippen molar-refractivity contribution in [3.8, 4) is 5.75 Å². The lowest BCUT2D eigenvalue weighted by molar-refractivity contribution is -0.122. The second-order valence-electron chi connectivity index (χ2n) is 9.01. The number of aromatic amines is 1.